The van der Waals surface area contributed by atoms with E-state index in [9.17, 15) is 4.79 Å². The Balaban J connectivity index is 2.07. The molecular formula is C14H20N2O. The van der Waals surface area contributed by atoms with E-state index < -0.39 is 0 Å². The van der Waals surface area contributed by atoms with Crippen molar-refractivity contribution in [1.82, 2.24) is 0 Å². The van der Waals surface area contributed by atoms with Crippen LogP contribution in [-0.4, -0.2) is 12.5 Å². The predicted octanol–water partition coefficient (Wildman–Crippen LogP) is 2.59. The van der Waals surface area contributed by atoms with Gasteiger partial charge in [0.25, 0.3) is 0 Å². The van der Waals surface area contributed by atoms with Gasteiger partial charge in [0.1, 0.15) is 0 Å². The van der Waals surface area contributed by atoms with Crippen LogP contribution in [-0.2, 0) is 11.2 Å². The Morgan fingerprint density at radius 2 is 2.18 bits per heavy atom. The van der Waals surface area contributed by atoms with Gasteiger partial charge in [-0.25, -0.2) is 0 Å². The molecular weight excluding hydrogens is 212 g/mol. The molecule has 1 amide bonds. The Morgan fingerprint density at radius 1 is 1.41 bits per heavy atom. The van der Waals surface area contributed by atoms with Crippen LogP contribution in [0, 0.1) is 5.92 Å². The molecule has 17 heavy (non-hydrogen) atoms. The predicted molar refractivity (Wildman–Crippen MR) is 71.0 cm³/mol. The maximum Gasteiger partial charge on any atom is 0.231 e. The molecule has 2 N–H and O–H groups in total. The molecule has 0 radical (unpaired) electrons. The highest BCUT2D eigenvalue weighted by Gasteiger charge is 2.26. The summed E-state index contributed by atoms with van der Waals surface area (Å²) in [6.45, 7) is 5.24. The third kappa shape index (κ3) is 2.60. The summed E-state index contributed by atoms with van der Waals surface area (Å²) in [5.74, 6) is 0.896. The van der Waals surface area contributed by atoms with Crippen molar-refractivity contribution >= 4 is 17.3 Å². The van der Waals surface area contributed by atoms with E-state index in [1.54, 1.807) is 0 Å². The fraction of sp³-hybridized carbons (Fsp3) is 0.500. The summed E-state index contributed by atoms with van der Waals surface area (Å²) in [6.07, 6.45) is 2.73. The second-order valence-electron chi connectivity index (χ2n) is 5.15. The van der Waals surface area contributed by atoms with E-state index in [-0.39, 0.29) is 5.91 Å². The number of anilines is 2. The molecule has 0 fully saturated rings. The first-order chi connectivity index (χ1) is 8.08. The number of fused-ring (bicyclic) bond motifs is 1. The van der Waals surface area contributed by atoms with E-state index in [4.69, 9.17) is 5.73 Å². The minimum Gasteiger partial charge on any atom is -0.399 e. The minimum absolute atomic E-state index is 0.203. The fourth-order valence-electron chi connectivity index (χ4n) is 2.31. The molecule has 0 saturated heterocycles. The lowest BCUT2D eigenvalue weighted by Gasteiger charge is -2.18. The quantitative estimate of drug-likeness (QED) is 0.811. The van der Waals surface area contributed by atoms with E-state index >= 15 is 0 Å². The fourth-order valence-corrected chi connectivity index (χ4v) is 2.31. The van der Waals surface area contributed by atoms with Gasteiger partial charge in [-0.3, -0.25) is 4.79 Å². The van der Waals surface area contributed by atoms with E-state index in [1.807, 2.05) is 23.1 Å². The van der Waals surface area contributed by atoms with Crippen LogP contribution in [0.5, 0.6) is 0 Å². The molecule has 1 aliphatic heterocycles. The van der Waals surface area contributed by atoms with Crippen molar-refractivity contribution in [2.75, 3.05) is 17.2 Å². The van der Waals surface area contributed by atoms with Gasteiger partial charge in [-0.15, -0.1) is 0 Å². The standard InChI is InChI=1S/C14H20N2O/c1-10(2)4-3-7-16-13-6-5-12(15)8-11(13)9-14(16)17/h5-6,8,10H,3-4,7,9,15H2,1-2H3. The van der Waals surface area contributed by atoms with Crippen molar-refractivity contribution in [2.45, 2.75) is 33.1 Å². The Labute approximate surface area is 103 Å². The number of rotatable bonds is 4. The van der Waals surface area contributed by atoms with Crippen LogP contribution in [0.2, 0.25) is 0 Å². The molecule has 2 rings (SSSR count). The van der Waals surface area contributed by atoms with Gasteiger partial charge in [0, 0.05) is 17.9 Å². The molecule has 0 bridgehead atoms. The summed E-state index contributed by atoms with van der Waals surface area (Å²) >= 11 is 0. The van der Waals surface area contributed by atoms with Crippen LogP contribution >= 0.6 is 0 Å². The van der Waals surface area contributed by atoms with Crippen LogP contribution < -0.4 is 10.6 Å². The van der Waals surface area contributed by atoms with Crippen LogP contribution in [0.15, 0.2) is 18.2 Å². The number of hydrogen-bond donors (Lipinski definition) is 1. The second kappa shape index (κ2) is 4.78. The van der Waals surface area contributed by atoms with E-state index in [1.165, 1.54) is 0 Å². The first-order valence-electron chi connectivity index (χ1n) is 6.26. The van der Waals surface area contributed by atoms with Crippen LogP contribution in [0.1, 0.15) is 32.3 Å². The number of nitrogens with two attached hydrogens (primary N) is 1. The Bertz CT molecular complexity index is 426. The number of carbonyl (C=O) groups is 1. The number of benzene rings is 1. The molecule has 1 aromatic carbocycles. The van der Waals surface area contributed by atoms with E-state index in [0.717, 1.165) is 36.3 Å². The molecule has 1 aliphatic rings. The van der Waals surface area contributed by atoms with Crippen molar-refractivity contribution in [3.63, 3.8) is 0 Å². The first-order valence-corrected chi connectivity index (χ1v) is 6.26. The van der Waals surface area contributed by atoms with Crippen LogP contribution in [0.4, 0.5) is 11.4 Å². The normalized spacial score (nSPS) is 14.5. The molecule has 0 unspecified atom stereocenters. The second-order valence-corrected chi connectivity index (χ2v) is 5.15. The lowest BCUT2D eigenvalue weighted by atomic mass is 10.1. The minimum atomic E-state index is 0.203. The van der Waals surface area contributed by atoms with Gasteiger partial charge in [0.2, 0.25) is 5.91 Å². The van der Waals surface area contributed by atoms with E-state index in [2.05, 4.69) is 13.8 Å². The van der Waals surface area contributed by atoms with Crippen molar-refractivity contribution in [2.24, 2.45) is 5.92 Å². The summed E-state index contributed by atoms with van der Waals surface area (Å²) in [4.78, 5) is 13.8. The summed E-state index contributed by atoms with van der Waals surface area (Å²) in [6, 6.07) is 5.74. The van der Waals surface area contributed by atoms with Crippen molar-refractivity contribution in [3.05, 3.63) is 23.8 Å². The van der Waals surface area contributed by atoms with Gasteiger partial charge in [0.15, 0.2) is 0 Å². The molecule has 0 aliphatic carbocycles. The number of carbonyl (C=O) groups excluding carboxylic acids is 1. The maximum absolute atomic E-state index is 11.9. The summed E-state index contributed by atoms with van der Waals surface area (Å²) in [5.41, 5.74) is 8.59. The number of hydrogen-bond acceptors (Lipinski definition) is 2. The third-order valence-corrected chi connectivity index (χ3v) is 3.20. The van der Waals surface area contributed by atoms with Crippen molar-refractivity contribution in [1.29, 1.82) is 0 Å². The zero-order valence-corrected chi connectivity index (χ0v) is 10.6. The molecule has 0 aromatic heterocycles. The summed E-state index contributed by atoms with van der Waals surface area (Å²) in [5, 5.41) is 0. The first kappa shape index (κ1) is 12.0. The molecule has 3 heteroatoms. The van der Waals surface area contributed by atoms with E-state index in [0.29, 0.717) is 12.3 Å². The molecule has 0 saturated carbocycles. The smallest absolute Gasteiger partial charge is 0.231 e. The van der Waals surface area contributed by atoms with Gasteiger partial charge in [0.05, 0.1) is 6.42 Å². The molecule has 0 spiro atoms. The van der Waals surface area contributed by atoms with Gasteiger partial charge in [-0.2, -0.15) is 0 Å². The highest BCUT2D eigenvalue weighted by Crippen LogP contribution is 2.30. The highest BCUT2D eigenvalue weighted by molar-refractivity contribution is 6.01. The Kier molecular flexibility index (Phi) is 3.36. The highest BCUT2D eigenvalue weighted by atomic mass is 16.2. The molecule has 1 heterocycles. The molecule has 3 nitrogen and oxygen atoms in total. The third-order valence-electron chi connectivity index (χ3n) is 3.20. The van der Waals surface area contributed by atoms with Gasteiger partial charge in [-0.05, 0) is 42.5 Å². The average Bonchev–Trinajstić information content (AvgIpc) is 2.54. The SMILES string of the molecule is CC(C)CCCN1C(=O)Cc2cc(N)ccc21. The zero-order chi connectivity index (χ0) is 12.4. The lowest BCUT2D eigenvalue weighted by Crippen LogP contribution is -2.27. The van der Waals surface area contributed by atoms with Crippen molar-refractivity contribution in [3.8, 4) is 0 Å². The number of amides is 1. The number of nitrogen functional groups attached to an aromatic ring is 1. The van der Waals surface area contributed by atoms with Gasteiger partial charge < -0.3 is 10.6 Å². The molecule has 0 atom stereocenters. The van der Waals surface area contributed by atoms with Gasteiger partial charge >= 0.3 is 0 Å². The molecule has 92 valence electrons. The zero-order valence-electron chi connectivity index (χ0n) is 10.6. The Hall–Kier alpha value is -1.51. The van der Waals surface area contributed by atoms with Crippen LogP contribution in [0.3, 0.4) is 0 Å². The van der Waals surface area contributed by atoms with Gasteiger partial charge in [-0.1, -0.05) is 13.8 Å². The van der Waals surface area contributed by atoms with Crippen molar-refractivity contribution < 1.29 is 4.79 Å². The van der Waals surface area contributed by atoms with Crippen LogP contribution in [0.25, 0.3) is 0 Å². The lowest BCUT2D eigenvalue weighted by molar-refractivity contribution is -0.117. The number of nitrogens with zero attached hydrogens (tertiary/aromatic N) is 1. The maximum atomic E-state index is 11.9. The topological polar surface area (TPSA) is 46.3 Å². The summed E-state index contributed by atoms with van der Waals surface area (Å²) in [7, 11) is 0. The molecule has 1 aromatic rings. The Morgan fingerprint density at radius 3 is 2.88 bits per heavy atom. The largest absolute Gasteiger partial charge is 0.399 e. The summed E-state index contributed by atoms with van der Waals surface area (Å²) < 4.78 is 0. The average molecular weight is 232 g/mol. The monoisotopic (exact) mass is 232 g/mol.